The van der Waals surface area contributed by atoms with Gasteiger partial charge in [0.25, 0.3) is 5.91 Å². The summed E-state index contributed by atoms with van der Waals surface area (Å²) in [5, 5.41) is 0. The Morgan fingerprint density at radius 1 is 1.59 bits per heavy atom. The van der Waals surface area contributed by atoms with E-state index in [-0.39, 0.29) is 5.91 Å². The maximum absolute atomic E-state index is 12.1. The normalized spacial score (nSPS) is 18.5. The second-order valence-corrected chi connectivity index (χ2v) is 3.98. The van der Waals surface area contributed by atoms with Crippen LogP contribution in [-0.2, 0) is 4.79 Å². The number of anilines is 2. The summed E-state index contributed by atoms with van der Waals surface area (Å²) in [5.41, 5.74) is 7.11. The van der Waals surface area contributed by atoms with Gasteiger partial charge in [-0.3, -0.25) is 4.79 Å². The Bertz CT molecular complexity index is 457. The van der Waals surface area contributed by atoms with Crippen molar-refractivity contribution < 1.29 is 9.53 Å². The Morgan fingerprint density at radius 3 is 3.00 bits per heavy atom. The number of hydrogen-bond donors (Lipinski definition) is 1. The average molecular weight is 232 g/mol. The summed E-state index contributed by atoms with van der Waals surface area (Å²) >= 11 is 0. The molecule has 1 heterocycles. The van der Waals surface area contributed by atoms with Crippen molar-refractivity contribution >= 4 is 17.3 Å². The lowest BCUT2D eigenvalue weighted by Gasteiger charge is -2.33. The number of hydrogen-bond acceptors (Lipinski definition) is 3. The van der Waals surface area contributed by atoms with Crippen LogP contribution in [0.2, 0.25) is 0 Å². The molecule has 0 radical (unpaired) electrons. The van der Waals surface area contributed by atoms with E-state index in [1.165, 1.54) is 0 Å². The molecular formula is C13H16N2O2. The van der Waals surface area contributed by atoms with Gasteiger partial charge in [0.05, 0.1) is 5.69 Å². The molecule has 0 saturated carbocycles. The van der Waals surface area contributed by atoms with Gasteiger partial charge in [0.2, 0.25) is 0 Å². The lowest BCUT2D eigenvalue weighted by molar-refractivity contribution is -0.126. The van der Waals surface area contributed by atoms with Crippen LogP contribution in [0.5, 0.6) is 5.75 Å². The van der Waals surface area contributed by atoms with E-state index in [4.69, 9.17) is 10.5 Å². The van der Waals surface area contributed by atoms with E-state index >= 15 is 0 Å². The number of ether oxygens (including phenoxy) is 1. The van der Waals surface area contributed by atoms with Crippen molar-refractivity contribution in [1.82, 2.24) is 0 Å². The highest BCUT2D eigenvalue weighted by Gasteiger charge is 2.32. The van der Waals surface area contributed by atoms with Gasteiger partial charge in [0.15, 0.2) is 6.10 Å². The van der Waals surface area contributed by atoms with E-state index in [9.17, 15) is 4.79 Å². The van der Waals surface area contributed by atoms with Crippen LogP contribution in [0.25, 0.3) is 0 Å². The van der Waals surface area contributed by atoms with Gasteiger partial charge in [-0.25, -0.2) is 0 Å². The Labute approximate surface area is 101 Å². The molecule has 2 rings (SSSR count). The molecule has 0 spiro atoms. The number of nitrogens with two attached hydrogens (primary N) is 1. The van der Waals surface area contributed by atoms with Gasteiger partial charge in [0.1, 0.15) is 5.75 Å². The quantitative estimate of drug-likeness (QED) is 0.640. The molecule has 1 aromatic carbocycles. The molecule has 1 aliphatic heterocycles. The fourth-order valence-electron chi connectivity index (χ4n) is 1.92. The monoisotopic (exact) mass is 232 g/mol. The molecule has 0 aromatic heterocycles. The molecule has 90 valence electrons. The number of fused-ring (bicyclic) bond motifs is 1. The Morgan fingerprint density at radius 2 is 2.35 bits per heavy atom. The number of nitrogens with zero attached hydrogens (tertiary/aromatic N) is 1. The topological polar surface area (TPSA) is 55.6 Å². The predicted octanol–water partition coefficient (Wildman–Crippen LogP) is 1.96. The highest BCUT2D eigenvalue weighted by atomic mass is 16.5. The largest absolute Gasteiger partial charge is 0.478 e. The molecule has 0 aliphatic carbocycles. The lowest BCUT2D eigenvalue weighted by Crippen LogP contribution is -2.45. The molecule has 1 aliphatic rings. The molecule has 1 aromatic rings. The van der Waals surface area contributed by atoms with Crippen molar-refractivity contribution in [3.8, 4) is 5.75 Å². The number of carbonyl (C=O) groups is 1. The highest BCUT2D eigenvalue weighted by Crippen LogP contribution is 2.36. The van der Waals surface area contributed by atoms with Crippen molar-refractivity contribution in [2.45, 2.75) is 19.4 Å². The first kappa shape index (κ1) is 11.5. The molecule has 1 unspecified atom stereocenters. The highest BCUT2D eigenvalue weighted by molar-refractivity contribution is 6.00. The van der Waals surface area contributed by atoms with Crippen molar-refractivity contribution in [3.63, 3.8) is 0 Å². The Hall–Kier alpha value is -1.97. The third kappa shape index (κ3) is 1.98. The van der Waals surface area contributed by atoms with Gasteiger partial charge in [-0.1, -0.05) is 13.0 Å². The molecule has 0 bridgehead atoms. The minimum atomic E-state index is -0.427. The first-order valence-electron chi connectivity index (χ1n) is 5.65. The van der Waals surface area contributed by atoms with Crippen molar-refractivity contribution in [2.24, 2.45) is 0 Å². The molecule has 4 nitrogen and oxygen atoms in total. The standard InChI is InChI=1S/C13H16N2O2/c1-3-7-15-10-6-5-9(14)8-12(10)17-11(4-2)13(15)16/h3,5-6,8,11H,1,4,7,14H2,2H3. The van der Waals surface area contributed by atoms with E-state index in [2.05, 4.69) is 6.58 Å². The van der Waals surface area contributed by atoms with Crippen LogP contribution in [0.1, 0.15) is 13.3 Å². The number of amides is 1. The van der Waals surface area contributed by atoms with Crippen LogP contribution in [0.3, 0.4) is 0 Å². The van der Waals surface area contributed by atoms with Crippen LogP contribution >= 0.6 is 0 Å². The van der Waals surface area contributed by atoms with Crippen LogP contribution in [0.4, 0.5) is 11.4 Å². The Balaban J connectivity index is 2.45. The molecular weight excluding hydrogens is 216 g/mol. The van der Waals surface area contributed by atoms with Crippen LogP contribution < -0.4 is 15.4 Å². The fraction of sp³-hybridized carbons (Fsp3) is 0.308. The number of nitrogen functional groups attached to an aromatic ring is 1. The van der Waals surface area contributed by atoms with Crippen LogP contribution in [-0.4, -0.2) is 18.6 Å². The Kier molecular flexibility index (Phi) is 3.04. The fourth-order valence-corrected chi connectivity index (χ4v) is 1.92. The molecule has 1 amide bonds. The second-order valence-electron chi connectivity index (χ2n) is 3.98. The summed E-state index contributed by atoms with van der Waals surface area (Å²) in [6, 6.07) is 5.32. The summed E-state index contributed by atoms with van der Waals surface area (Å²) in [4.78, 5) is 13.8. The van der Waals surface area contributed by atoms with Gasteiger partial charge in [-0.05, 0) is 18.6 Å². The van der Waals surface area contributed by atoms with Gasteiger partial charge in [-0.2, -0.15) is 0 Å². The predicted molar refractivity (Wildman–Crippen MR) is 68.1 cm³/mol. The zero-order valence-electron chi connectivity index (χ0n) is 9.85. The van der Waals surface area contributed by atoms with Crippen molar-refractivity contribution in [1.29, 1.82) is 0 Å². The zero-order valence-corrected chi connectivity index (χ0v) is 9.85. The maximum Gasteiger partial charge on any atom is 0.268 e. The third-order valence-corrected chi connectivity index (χ3v) is 2.77. The summed E-state index contributed by atoms with van der Waals surface area (Å²) in [5.74, 6) is 0.642. The molecule has 4 heteroatoms. The summed E-state index contributed by atoms with van der Waals surface area (Å²) in [7, 11) is 0. The summed E-state index contributed by atoms with van der Waals surface area (Å²) in [6.45, 7) is 6.08. The first-order chi connectivity index (χ1) is 8.17. The summed E-state index contributed by atoms with van der Waals surface area (Å²) < 4.78 is 5.65. The van der Waals surface area contributed by atoms with Gasteiger partial charge < -0.3 is 15.4 Å². The van der Waals surface area contributed by atoms with Crippen LogP contribution in [0, 0.1) is 0 Å². The molecule has 0 saturated heterocycles. The smallest absolute Gasteiger partial charge is 0.268 e. The van der Waals surface area contributed by atoms with E-state index in [0.29, 0.717) is 24.4 Å². The number of benzene rings is 1. The lowest BCUT2D eigenvalue weighted by atomic mass is 10.1. The third-order valence-electron chi connectivity index (χ3n) is 2.77. The van der Waals surface area contributed by atoms with Gasteiger partial charge >= 0.3 is 0 Å². The second kappa shape index (κ2) is 4.49. The zero-order chi connectivity index (χ0) is 12.4. The minimum absolute atomic E-state index is 0.0235. The van der Waals surface area contributed by atoms with Crippen LogP contribution in [0.15, 0.2) is 30.9 Å². The molecule has 1 atom stereocenters. The number of carbonyl (C=O) groups excluding carboxylic acids is 1. The van der Waals surface area contributed by atoms with Gasteiger partial charge in [0, 0.05) is 18.3 Å². The van der Waals surface area contributed by atoms with Crippen molar-refractivity contribution in [3.05, 3.63) is 30.9 Å². The van der Waals surface area contributed by atoms with Crippen molar-refractivity contribution in [2.75, 3.05) is 17.2 Å². The van der Waals surface area contributed by atoms with E-state index in [0.717, 1.165) is 5.69 Å². The number of rotatable bonds is 3. The first-order valence-corrected chi connectivity index (χ1v) is 5.65. The van der Waals surface area contributed by atoms with Gasteiger partial charge in [-0.15, -0.1) is 6.58 Å². The maximum atomic E-state index is 12.1. The van der Waals surface area contributed by atoms with E-state index < -0.39 is 6.10 Å². The minimum Gasteiger partial charge on any atom is -0.478 e. The molecule has 2 N–H and O–H groups in total. The average Bonchev–Trinajstić information content (AvgIpc) is 2.32. The molecule has 0 fully saturated rings. The van der Waals surface area contributed by atoms with E-state index in [1.54, 1.807) is 29.2 Å². The molecule has 17 heavy (non-hydrogen) atoms. The SMILES string of the molecule is C=CCN1C(=O)C(CC)Oc2cc(N)ccc21. The van der Waals surface area contributed by atoms with E-state index in [1.807, 2.05) is 6.92 Å². The summed E-state index contributed by atoms with van der Waals surface area (Å²) in [6.07, 6.45) is 1.92.